The summed E-state index contributed by atoms with van der Waals surface area (Å²) in [6.45, 7) is 10.0. The zero-order valence-electron chi connectivity index (χ0n) is 15.1. The Hall–Kier alpha value is -2.09. The van der Waals surface area contributed by atoms with Crippen LogP contribution in [0.2, 0.25) is 0 Å². The number of pyridine rings is 1. The zero-order chi connectivity index (χ0) is 18.3. The molecule has 0 saturated carbocycles. The van der Waals surface area contributed by atoms with Crippen LogP contribution in [-0.2, 0) is 4.74 Å². The second-order valence-electron chi connectivity index (χ2n) is 6.82. The number of rotatable bonds is 4. The predicted molar refractivity (Wildman–Crippen MR) is 103 cm³/mol. The van der Waals surface area contributed by atoms with Gasteiger partial charge in [-0.2, -0.15) is 0 Å². The van der Waals surface area contributed by atoms with Gasteiger partial charge in [0.25, 0.3) is 0 Å². The van der Waals surface area contributed by atoms with Gasteiger partial charge in [0.15, 0.2) is 5.11 Å². The molecule has 1 aromatic heterocycles. The number of nitrogens with one attached hydrogen (secondary N) is 2. The number of alkyl carbamates (subject to hydrolysis) is 1. The van der Waals surface area contributed by atoms with Crippen LogP contribution >= 0.6 is 12.2 Å². The highest BCUT2D eigenvalue weighted by atomic mass is 32.1. The molecule has 0 radical (unpaired) electrons. The molecule has 25 heavy (non-hydrogen) atoms. The second-order valence-corrected chi connectivity index (χ2v) is 7.21. The number of amides is 1. The summed E-state index contributed by atoms with van der Waals surface area (Å²) < 4.78 is 5.18. The van der Waals surface area contributed by atoms with E-state index in [1.54, 1.807) is 0 Å². The minimum Gasteiger partial charge on any atom is -0.444 e. The number of ether oxygens (including phenoxy) is 1. The summed E-state index contributed by atoms with van der Waals surface area (Å²) in [5, 5.41) is 6.60. The Bertz CT molecular complexity index is 568. The first-order chi connectivity index (χ1) is 11.8. The maximum atomic E-state index is 11.6. The van der Waals surface area contributed by atoms with Gasteiger partial charge in [-0.05, 0) is 45.1 Å². The summed E-state index contributed by atoms with van der Waals surface area (Å²) in [5.74, 6) is 1.00. The molecule has 1 saturated heterocycles. The van der Waals surface area contributed by atoms with Crippen LogP contribution in [0, 0.1) is 0 Å². The molecule has 2 rings (SSSR count). The second kappa shape index (κ2) is 8.84. The van der Waals surface area contributed by atoms with Gasteiger partial charge >= 0.3 is 6.09 Å². The van der Waals surface area contributed by atoms with E-state index >= 15 is 0 Å². The van der Waals surface area contributed by atoms with E-state index in [9.17, 15) is 4.79 Å². The van der Waals surface area contributed by atoms with Crippen molar-refractivity contribution in [2.24, 2.45) is 0 Å². The average Bonchev–Trinajstić information content (AvgIpc) is 2.58. The number of carbonyl (C=O) groups excluding carboxylic acids is 1. The van der Waals surface area contributed by atoms with Crippen molar-refractivity contribution in [1.82, 2.24) is 20.5 Å². The number of hydrogen-bond acceptors (Lipinski definition) is 5. The highest BCUT2D eigenvalue weighted by Crippen LogP contribution is 2.12. The molecular weight excluding hydrogens is 338 g/mol. The van der Waals surface area contributed by atoms with Crippen LogP contribution in [0.15, 0.2) is 24.4 Å². The molecule has 1 aromatic rings. The van der Waals surface area contributed by atoms with Crippen molar-refractivity contribution in [3.8, 4) is 0 Å². The van der Waals surface area contributed by atoms with Crippen molar-refractivity contribution in [2.45, 2.75) is 26.4 Å². The van der Waals surface area contributed by atoms with E-state index in [0.717, 1.165) is 32.0 Å². The lowest BCUT2D eigenvalue weighted by atomic mass is 10.2. The normalized spacial score (nSPS) is 14.8. The molecule has 1 aliphatic heterocycles. The lowest BCUT2D eigenvalue weighted by Gasteiger charge is -2.36. The van der Waals surface area contributed by atoms with Crippen LogP contribution in [0.25, 0.3) is 0 Å². The zero-order valence-corrected chi connectivity index (χ0v) is 15.9. The summed E-state index contributed by atoms with van der Waals surface area (Å²) in [4.78, 5) is 20.3. The van der Waals surface area contributed by atoms with E-state index < -0.39 is 11.7 Å². The van der Waals surface area contributed by atoms with Crippen LogP contribution in [0.4, 0.5) is 10.6 Å². The summed E-state index contributed by atoms with van der Waals surface area (Å²) in [7, 11) is 0. The van der Waals surface area contributed by atoms with Crippen LogP contribution in [-0.4, -0.2) is 66.0 Å². The maximum absolute atomic E-state index is 11.6. The van der Waals surface area contributed by atoms with Gasteiger partial charge in [-0.15, -0.1) is 0 Å². The summed E-state index contributed by atoms with van der Waals surface area (Å²) >= 11 is 5.43. The predicted octanol–water partition coefficient (Wildman–Crippen LogP) is 1.60. The molecular formula is C17H27N5O2S. The fourth-order valence-corrected chi connectivity index (χ4v) is 2.72. The van der Waals surface area contributed by atoms with Crippen molar-refractivity contribution in [2.75, 3.05) is 44.2 Å². The third-order valence-corrected chi connectivity index (χ3v) is 4.01. The van der Waals surface area contributed by atoms with Gasteiger partial charge < -0.3 is 25.2 Å². The van der Waals surface area contributed by atoms with Gasteiger partial charge in [0, 0.05) is 45.5 Å². The lowest BCUT2D eigenvalue weighted by molar-refractivity contribution is 0.0529. The quantitative estimate of drug-likeness (QED) is 0.620. The number of thiocarbonyl (C=S) groups is 1. The Morgan fingerprint density at radius 3 is 2.48 bits per heavy atom. The van der Waals surface area contributed by atoms with E-state index in [4.69, 9.17) is 17.0 Å². The molecule has 0 bridgehead atoms. The smallest absolute Gasteiger partial charge is 0.407 e. The standard InChI is InChI=1S/C17H27N5O2S/c1-17(2,3)24-16(23)20-9-8-19-15(25)22-12-10-21(11-13-22)14-6-4-5-7-18-14/h4-7H,8-13H2,1-3H3,(H,19,25)(H,20,23). The third kappa shape index (κ3) is 6.74. The molecule has 2 heterocycles. The van der Waals surface area contributed by atoms with E-state index in [0.29, 0.717) is 18.2 Å². The highest BCUT2D eigenvalue weighted by molar-refractivity contribution is 7.80. The Balaban J connectivity index is 1.63. The fraction of sp³-hybridized carbons (Fsp3) is 0.588. The van der Waals surface area contributed by atoms with Gasteiger partial charge in [-0.1, -0.05) is 6.07 Å². The number of piperazine rings is 1. The molecule has 2 N–H and O–H groups in total. The third-order valence-electron chi connectivity index (χ3n) is 3.61. The van der Waals surface area contributed by atoms with E-state index in [-0.39, 0.29) is 0 Å². The molecule has 0 unspecified atom stereocenters. The Morgan fingerprint density at radius 1 is 1.20 bits per heavy atom. The Kier molecular flexibility index (Phi) is 6.81. The minimum absolute atomic E-state index is 0.413. The minimum atomic E-state index is -0.486. The lowest BCUT2D eigenvalue weighted by Crippen LogP contribution is -2.52. The number of carbonyl (C=O) groups is 1. The first-order valence-electron chi connectivity index (χ1n) is 8.51. The monoisotopic (exact) mass is 365 g/mol. The van der Waals surface area contributed by atoms with Crippen molar-refractivity contribution in [3.05, 3.63) is 24.4 Å². The number of anilines is 1. The molecule has 1 fully saturated rings. The molecule has 1 aliphatic rings. The number of hydrogen-bond donors (Lipinski definition) is 2. The summed E-state index contributed by atoms with van der Waals surface area (Å²) in [6, 6.07) is 5.94. The molecule has 0 aromatic carbocycles. The van der Waals surface area contributed by atoms with Gasteiger partial charge in [0.2, 0.25) is 0 Å². The van der Waals surface area contributed by atoms with Crippen molar-refractivity contribution >= 4 is 29.2 Å². The highest BCUT2D eigenvalue weighted by Gasteiger charge is 2.19. The van der Waals surface area contributed by atoms with Gasteiger partial charge in [0.05, 0.1) is 0 Å². The SMILES string of the molecule is CC(C)(C)OC(=O)NCCNC(=S)N1CCN(c2ccccn2)CC1. The topological polar surface area (TPSA) is 69.7 Å². The van der Waals surface area contributed by atoms with E-state index in [2.05, 4.69) is 25.4 Å². The van der Waals surface area contributed by atoms with E-state index in [1.165, 1.54) is 0 Å². The fourth-order valence-electron chi connectivity index (χ4n) is 2.44. The van der Waals surface area contributed by atoms with Gasteiger partial charge in [0.1, 0.15) is 11.4 Å². The Morgan fingerprint density at radius 2 is 1.88 bits per heavy atom. The first kappa shape index (κ1) is 19.2. The van der Waals surface area contributed by atoms with E-state index in [1.807, 2.05) is 45.2 Å². The first-order valence-corrected chi connectivity index (χ1v) is 8.91. The molecule has 0 spiro atoms. The van der Waals surface area contributed by atoms with Crippen molar-refractivity contribution < 1.29 is 9.53 Å². The molecule has 0 aliphatic carbocycles. The van der Waals surface area contributed by atoms with Crippen LogP contribution in [0.3, 0.4) is 0 Å². The largest absolute Gasteiger partial charge is 0.444 e. The van der Waals surface area contributed by atoms with Crippen molar-refractivity contribution in [3.63, 3.8) is 0 Å². The summed E-state index contributed by atoms with van der Waals surface area (Å²) in [5.41, 5.74) is -0.486. The molecule has 138 valence electrons. The Labute approximate surface area is 154 Å². The number of aromatic nitrogens is 1. The molecule has 1 amide bonds. The molecule has 0 atom stereocenters. The van der Waals surface area contributed by atoms with Gasteiger partial charge in [-0.3, -0.25) is 0 Å². The summed E-state index contributed by atoms with van der Waals surface area (Å²) in [6.07, 6.45) is 1.40. The van der Waals surface area contributed by atoms with Crippen LogP contribution < -0.4 is 15.5 Å². The van der Waals surface area contributed by atoms with Gasteiger partial charge in [-0.25, -0.2) is 9.78 Å². The van der Waals surface area contributed by atoms with Crippen LogP contribution in [0.5, 0.6) is 0 Å². The number of nitrogens with zero attached hydrogens (tertiary/aromatic N) is 3. The maximum Gasteiger partial charge on any atom is 0.407 e. The average molecular weight is 366 g/mol. The molecule has 8 heteroatoms. The van der Waals surface area contributed by atoms with Crippen LogP contribution in [0.1, 0.15) is 20.8 Å². The molecule has 7 nitrogen and oxygen atoms in total. The van der Waals surface area contributed by atoms with Crippen molar-refractivity contribution in [1.29, 1.82) is 0 Å².